The molecule has 0 spiro atoms. The van der Waals surface area contributed by atoms with Crippen molar-refractivity contribution in [3.8, 4) is 33.4 Å². The van der Waals surface area contributed by atoms with Crippen LogP contribution < -0.4 is 25.2 Å². The Hall–Kier alpha value is -6.79. The first-order valence-corrected chi connectivity index (χ1v) is 23.5. The lowest BCUT2D eigenvalue weighted by Crippen LogP contribution is -2.58. The molecule has 2 fully saturated rings. The second-order valence-electron chi connectivity index (χ2n) is 17.8. The number of hydrogen-bond donors (Lipinski definition) is 3. The summed E-state index contributed by atoms with van der Waals surface area (Å²) >= 11 is 6.94. The van der Waals surface area contributed by atoms with Crippen LogP contribution in [0.25, 0.3) is 21.6 Å². The van der Waals surface area contributed by atoms with Crippen LogP contribution in [0.15, 0.2) is 96.6 Å². The lowest BCUT2D eigenvalue weighted by Gasteiger charge is -2.35. The number of thiazole rings is 1. The lowest BCUT2D eigenvalue weighted by molar-refractivity contribution is -0.144. The molecule has 0 radical (unpaired) electrons. The molecular weight excluding hydrogens is 951 g/mol. The second-order valence-corrected chi connectivity index (χ2v) is 19.0. The molecule has 3 heterocycles. The topological polar surface area (TPSA) is 177 Å². The normalized spacial score (nSPS) is 16.6. The number of aliphatic hydroxyl groups is 1. The number of β-amino-alcohol motifs (C(OH)–C–C–N with tert-alkyl or cyclic N) is 1. The van der Waals surface area contributed by atoms with Gasteiger partial charge in [-0.2, -0.15) is 18.4 Å². The molecule has 1 aromatic heterocycles. The van der Waals surface area contributed by atoms with Gasteiger partial charge in [0.05, 0.1) is 51.7 Å². The molecule has 366 valence electrons. The summed E-state index contributed by atoms with van der Waals surface area (Å²) in [5.41, 5.74) is 2.00. The number of likely N-dealkylation sites (tertiary alicyclic amines) is 1. The first-order valence-electron chi connectivity index (χ1n) is 22.2. The van der Waals surface area contributed by atoms with Gasteiger partial charge in [0.25, 0.3) is 5.91 Å². The van der Waals surface area contributed by atoms with Gasteiger partial charge in [-0.15, -0.1) is 11.3 Å². The second kappa shape index (κ2) is 21.9. The SMILES string of the molecule is CC(C)(C)[C@H](NC(=O)COCCCCOc1ccc(-c2ccc(N3CC(=O)N(c4ccc(C#N)c(C(F)(F)F)c4)C3=S)c(F)c2)cc1)C(=O)N1C[C@H](O)C[C@H]1C(=O)NCc1ccc(-c2cncs2)cc1. The third-order valence-electron chi connectivity index (χ3n) is 11.7. The number of anilines is 2. The fourth-order valence-corrected chi connectivity index (χ4v) is 9.03. The van der Waals surface area contributed by atoms with Crippen molar-refractivity contribution in [2.24, 2.45) is 5.41 Å². The van der Waals surface area contributed by atoms with Gasteiger partial charge in [0.1, 0.15) is 36.8 Å². The quantitative estimate of drug-likeness (QED) is 0.0474. The summed E-state index contributed by atoms with van der Waals surface area (Å²) in [7, 11) is 0. The molecule has 0 aliphatic carbocycles. The predicted molar refractivity (Wildman–Crippen MR) is 258 cm³/mol. The lowest BCUT2D eigenvalue weighted by atomic mass is 9.85. The van der Waals surface area contributed by atoms with Gasteiger partial charge in [0.15, 0.2) is 5.11 Å². The standard InChI is InChI=1S/C50H49F4N7O7S2/c1-49(2,3)45(47(66)59-26-36(62)22-41(59)46(65)57-24-30-6-8-32(9-7-30)42-25-56-29-70-42)58-43(63)28-67-18-4-5-19-68-37-15-11-31(12-16-37)33-13-17-40(39(51)20-33)60-27-44(64)61(48(60)69)35-14-10-34(23-55)38(21-35)50(52,53)54/h6-17,20-21,25,29,36,41,45,62H,4-5,18-19,22,24,26-28H2,1-3H3,(H,57,65)(H,58,63)/t36-,41+,45-/m1/s1. The highest BCUT2D eigenvalue weighted by molar-refractivity contribution is 7.81. The molecule has 0 bridgehead atoms. The van der Waals surface area contributed by atoms with Crippen molar-refractivity contribution in [1.29, 1.82) is 5.26 Å². The van der Waals surface area contributed by atoms with Gasteiger partial charge in [0.2, 0.25) is 17.7 Å². The van der Waals surface area contributed by atoms with Gasteiger partial charge in [-0.1, -0.05) is 63.2 Å². The third kappa shape index (κ3) is 12.1. The molecule has 20 heteroatoms. The zero-order valence-corrected chi connectivity index (χ0v) is 39.9. The van der Waals surface area contributed by atoms with Gasteiger partial charge >= 0.3 is 6.18 Å². The van der Waals surface area contributed by atoms with E-state index in [0.29, 0.717) is 42.4 Å². The number of rotatable bonds is 17. The van der Waals surface area contributed by atoms with E-state index in [1.165, 1.54) is 45.4 Å². The largest absolute Gasteiger partial charge is 0.494 e. The summed E-state index contributed by atoms with van der Waals surface area (Å²) < 4.78 is 67.9. The Kier molecular flexibility index (Phi) is 16.0. The molecular formula is C50H49F4N7O7S2. The van der Waals surface area contributed by atoms with E-state index in [-0.39, 0.29) is 49.2 Å². The summed E-state index contributed by atoms with van der Waals surface area (Å²) in [5.74, 6) is -2.21. The van der Waals surface area contributed by atoms with E-state index in [2.05, 4.69) is 15.6 Å². The van der Waals surface area contributed by atoms with Gasteiger partial charge in [-0.25, -0.2) is 4.39 Å². The van der Waals surface area contributed by atoms with Crippen LogP contribution in [0.4, 0.5) is 28.9 Å². The number of ether oxygens (including phenoxy) is 2. The van der Waals surface area contributed by atoms with Crippen LogP contribution in [-0.4, -0.2) is 94.8 Å². The molecule has 0 saturated carbocycles. The molecule has 5 aromatic rings. The van der Waals surface area contributed by atoms with Crippen molar-refractivity contribution in [2.45, 2.75) is 70.9 Å². The van der Waals surface area contributed by atoms with Crippen molar-refractivity contribution in [3.05, 3.63) is 119 Å². The van der Waals surface area contributed by atoms with E-state index in [4.69, 9.17) is 27.0 Å². The summed E-state index contributed by atoms with van der Waals surface area (Å²) in [5, 5.41) is 25.1. The zero-order valence-electron chi connectivity index (χ0n) is 38.3. The molecule has 7 rings (SSSR count). The number of thiocarbonyl (C=S) groups is 1. The highest BCUT2D eigenvalue weighted by Crippen LogP contribution is 2.37. The smallest absolute Gasteiger partial charge is 0.417 e. The molecule has 3 N–H and O–H groups in total. The summed E-state index contributed by atoms with van der Waals surface area (Å²) in [6, 6.07) is 21.3. The molecule has 2 aliphatic rings. The maximum absolute atomic E-state index is 15.6. The van der Waals surface area contributed by atoms with E-state index < -0.39 is 76.9 Å². The van der Waals surface area contributed by atoms with Crippen molar-refractivity contribution >= 4 is 63.7 Å². The Morgan fingerprint density at radius 3 is 2.33 bits per heavy atom. The van der Waals surface area contributed by atoms with E-state index >= 15 is 4.39 Å². The van der Waals surface area contributed by atoms with Crippen LogP contribution >= 0.6 is 23.6 Å². The van der Waals surface area contributed by atoms with E-state index in [9.17, 15) is 37.5 Å². The molecule has 3 atom stereocenters. The van der Waals surface area contributed by atoms with Crippen molar-refractivity contribution in [1.82, 2.24) is 20.5 Å². The molecule has 4 amide bonds. The Bertz CT molecular complexity index is 2760. The number of nitriles is 1. The summed E-state index contributed by atoms with van der Waals surface area (Å²) in [4.78, 5) is 61.9. The highest BCUT2D eigenvalue weighted by atomic mass is 32.1. The van der Waals surface area contributed by atoms with Gasteiger partial charge in [-0.05, 0) is 95.2 Å². The molecule has 14 nitrogen and oxygen atoms in total. The maximum atomic E-state index is 15.6. The number of carbonyl (C=O) groups excluding carboxylic acids is 4. The number of aliphatic hydroxyl groups excluding tert-OH is 1. The number of halogens is 4. The number of amides is 4. The number of hydrogen-bond acceptors (Lipinski definition) is 11. The van der Waals surface area contributed by atoms with Crippen molar-refractivity contribution in [3.63, 3.8) is 0 Å². The number of alkyl halides is 3. The van der Waals surface area contributed by atoms with Crippen LogP contribution in [0.1, 0.15) is 56.7 Å². The summed E-state index contributed by atoms with van der Waals surface area (Å²) in [6.07, 6.45) is -2.75. The highest BCUT2D eigenvalue weighted by Gasteiger charge is 2.45. The number of unbranched alkanes of at least 4 members (excludes halogenated alkanes) is 1. The number of aromatic nitrogens is 1. The number of nitrogens with zero attached hydrogens (tertiary/aromatic N) is 5. The third-order valence-corrected chi connectivity index (χ3v) is 12.9. The van der Waals surface area contributed by atoms with E-state index in [0.717, 1.165) is 27.0 Å². The fourth-order valence-electron chi connectivity index (χ4n) is 8.03. The van der Waals surface area contributed by atoms with Gasteiger partial charge in [0, 0.05) is 32.3 Å². The molecule has 0 unspecified atom stereocenters. The minimum Gasteiger partial charge on any atom is -0.494 e. The average molecular weight is 1000 g/mol. The maximum Gasteiger partial charge on any atom is 0.417 e. The van der Waals surface area contributed by atoms with Crippen LogP contribution in [0.3, 0.4) is 0 Å². The molecule has 2 saturated heterocycles. The van der Waals surface area contributed by atoms with E-state index in [1.807, 2.05) is 24.3 Å². The average Bonchev–Trinajstić information content (AvgIpc) is 4.08. The van der Waals surface area contributed by atoms with Crippen LogP contribution in [-0.2, 0) is 36.6 Å². The van der Waals surface area contributed by atoms with Crippen LogP contribution in [0, 0.1) is 22.6 Å². The van der Waals surface area contributed by atoms with Gasteiger partial charge in [-0.3, -0.25) is 29.1 Å². The van der Waals surface area contributed by atoms with E-state index in [1.54, 1.807) is 62.8 Å². The van der Waals surface area contributed by atoms with Gasteiger partial charge < -0.3 is 35.0 Å². The number of nitrogens with one attached hydrogen (secondary N) is 2. The number of carbonyl (C=O) groups is 4. The van der Waals surface area contributed by atoms with Crippen LogP contribution in [0.2, 0.25) is 0 Å². The minimum atomic E-state index is -4.85. The van der Waals surface area contributed by atoms with Crippen molar-refractivity contribution in [2.75, 3.05) is 42.7 Å². The van der Waals surface area contributed by atoms with Crippen LogP contribution in [0.5, 0.6) is 5.75 Å². The number of benzene rings is 4. The first kappa shape index (κ1) is 51.1. The van der Waals surface area contributed by atoms with Crippen molar-refractivity contribution < 1.29 is 51.3 Å². The molecule has 2 aliphatic heterocycles. The Morgan fingerprint density at radius 2 is 1.67 bits per heavy atom. The Balaban J connectivity index is 0.834. The monoisotopic (exact) mass is 999 g/mol. The fraction of sp³-hybridized carbons (Fsp3) is 0.340. The molecule has 70 heavy (non-hydrogen) atoms. The molecule has 4 aromatic carbocycles. The first-order chi connectivity index (χ1) is 33.3. The Labute approximate surface area is 410 Å². The predicted octanol–water partition coefficient (Wildman–Crippen LogP) is 7.63. The minimum absolute atomic E-state index is 0.0410. The zero-order chi connectivity index (χ0) is 50.3. The Morgan fingerprint density at radius 1 is 0.971 bits per heavy atom. The summed E-state index contributed by atoms with van der Waals surface area (Å²) in [6.45, 7) is 5.45.